The quantitative estimate of drug-likeness (QED) is 0.255. The number of H-pyrrole nitrogens is 1. The molecule has 194 valence electrons. The number of methoxy groups -OCH3 is 1. The first-order valence-corrected chi connectivity index (χ1v) is 13.6. The highest BCUT2D eigenvalue weighted by Gasteiger charge is 2.17. The Kier molecular flexibility index (Phi) is 9.42. The van der Waals surface area contributed by atoms with Gasteiger partial charge in [-0.05, 0) is 36.2 Å². The van der Waals surface area contributed by atoms with E-state index in [-0.39, 0.29) is 16.9 Å². The van der Waals surface area contributed by atoms with Crippen molar-refractivity contribution in [3.8, 4) is 28.1 Å². The number of rotatable bonds is 5. The summed E-state index contributed by atoms with van der Waals surface area (Å²) < 4.78 is 12.2. The number of aromatic amines is 1. The van der Waals surface area contributed by atoms with Crippen LogP contribution in [0.1, 0.15) is 59.6 Å². The van der Waals surface area contributed by atoms with Gasteiger partial charge in [-0.3, -0.25) is 9.59 Å². The van der Waals surface area contributed by atoms with E-state index in [0.29, 0.717) is 38.3 Å². The Morgan fingerprint density at radius 1 is 1.00 bits per heavy atom. The van der Waals surface area contributed by atoms with E-state index in [1.165, 1.54) is 11.3 Å². The van der Waals surface area contributed by atoms with E-state index in [2.05, 4.69) is 24.0 Å². The number of nitrogens with zero attached hydrogens (tertiary/aromatic N) is 1. The van der Waals surface area contributed by atoms with Crippen molar-refractivity contribution in [3.63, 3.8) is 0 Å². The van der Waals surface area contributed by atoms with Crippen molar-refractivity contribution in [2.45, 2.75) is 53.9 Å². The van der Waals surface area contributed by atoms with Gasteiger partial charge in [0.2, 0.25) is 5.43 Å². The lowest BCUT2D eigenvalue weighted by Gasteiger charge is -2.10. The van der Waals surface area contributed by atoms with Gasteiger partial charge in [0.05, 0.1) is 18.2 Å². The molecule has 0 fully saturated rings. The summed E-state index contributed by atoms with van der Waals surface area (Å²) in [6.45, 7) is 12.1. The molecule has 1 atom stereocenters. The van der Waals surface area contributed by atoms with E-state index >= 15 is 0 Å². The molecule has 3 aromatic heterocycles. The molecule has 0 spiro atoms. The van der Waals surface area contributed by atoms with E-state index in [9.17, 15) is 9.59 Å². The predicted molar refractivity (Wildman–Crippen MR) is 155 cm³/mol. The summed E-state index contributed by atoms with van der Waals surface area (Å²) >= 11 is 1.39. The van der Waals surface area contributed by atoms with Crippen molar-refractivity contribution in [1.82, 2.24) is 10.2 Å². The zero-order valence-corrected chi connectivity index (χ0v) is 23.3. The van der Waals surface area contributed by atoms with E-state index in [1.54, 1.807) is 25.3 Å². The molecule has 3 heterocycles. The van der Waals surface area contributed by atoms with Crippen LogP contribution in [0.2, 0.25) is 0 Å². The number of benzene rings is 2. The maximum absolute atomic E-state index is 12.7. The van der Waals surface area contributed by atoms with Crippen molar-refractivity contribution >= 4 is 32.4 Å². The second kappa shape index (κ2) is 12.5. The minimum Gasteiger partial charge on any atom is -0.497 e. The van der Waals surface area contributed by atoms with Gasteiger partial charge in [-0.25, -0.2) is 5.10 Å². The molecular weight excluding hydrogens is 484 g/mol. The van der Waals surface area contributed by atoms with Crippen LogP contribution in [0, 0.1) is 0 Å². The van der Waals surface area contributed by atoms with Gasteiger partial charge in [-0.2, -0.15) is 5.10 Å². The summed E-state index contributed by atoms with van der Waals surface area (Å²) in [4.78, 5) is 25.0. The van der Waals surface area contributed by atoms with E-state index in [0.717, 1.165) is 23.1 Å². The van der Waals surface area contributed by atoms with Crippen molar-refractivity contribution in [3.05, 3.63) is 80.2 Å². The molecule has 0 bridgehead atoms. The molecule has 0 saturated carbocycles. The fourth-order valence-electron chi connectivity index (χ4n) is 3.93. The summed E-state index contributed by atoms with van der Waals surface area (Å²) in [6, 6.07) is 14.8. The maximum Gasteiger partial charge on any atom is 0.272 e. The summed E-state index contributed by atoms with van der Waals surface area (Å²) in [5.41, 5.74) is 3.60. The van der Waals surface area contributed by atoms with Gasteiger partial charge in [-0.15, -0.1) is 11.3 Å². The standard InChI is InChI=1S/C26H22N2O4S.2C2H6/c1-4-14(2)22-12-21(29)25-24(32-22)20(13-33-25)15-6-5-7-16(10-15)23-19-11-17(31-3)8-9-18(19)26(30)28-27-23;2*1-2/h5-14H,4H2,1-3H3,(H,28,30);2*1-2H3. The fraction of sp³-hybridized carbons (Fsp3) is 0.300. The molecule has 5 rings (SSSR count). The normalized spacial score (nSPS) is 11.3. The van der Waals surface area contributed by atoms with Gasteiger partial charge in [-0.1, -0.05) is 59.7 Å². The minimum absolute atomic E-state index is 0.0145. The third-order valence-electron chi connectivity index (χ3n) is 6.00. The van der Waals surface area contributed by atoms with Crippen molar-refractivity contribution < 1.29 is 9.15 Å². The molecule has 37 heavy (non-hydrogen) atoms. The number of ether oxygens (including phenoxy) is 1. The van der Waals surface area contributed by atoms with Crippen molar-refractivity contribution in [2.75, 3.05) is 7.11 Å². The van der Waals surface area contributed by atoms with Crippen LogP contribution in [0.4, 0.5) is 0 Å². The number of hydrogen-bond donors (Lipinski definition) is 1. The monoisotopic (exact) mass is 518 g/mol. The smallest absolute Gasteiger partial charge is 0.272 e. The lowest BCUT2D eigenvalue weighted by atomic mass is 10.00. The average molecular weight is 519 g/mol. The SMILES string of the molecule is CC.CC.CCC(C)c1cc(=O)c2scc(-c3cccc(-c4n[nH]c(=O)c5ccc(OC)cc45)c3)c2o1. The van der Waals surface area contributed by atoms with Gasteiger partial charge in [0.15, 0.2) is 5.58 Å². The minimum atomic E-state index is -0.254. The van der Waals surface area contributed by atoms with Gasteiger partial charge < -0.3 is 9.15 Å². The first-order valence-electron chi connectivity index (χ1n) is 12.7. The molecule has 2 aromatic carbocycles. The largest absolute Gasteiger partial charge is 0.497 e. The number of nitrogens with one attached hydrogen (secondary N) is 1. The zero-order valence-electron chi connectivity index (χ0n) is 22.5. The first kappa shape index (κ1) is 27.9. The summed E-state index contributed by atoms with van der Waals surface area (Å²) in [5.74, 6) is 1.51. The molecule has 0 amide bonds. The van der Waals surface area contributed by atoms with Crippen LogP contribution in [0.25, 0.3) is 43.4 Å². The number of fused-ring (bicyclic) bond motifs is 2. The molecule has 0 aliphatic carbocycles. The maximum atomic E-state index is 12.7. The summed E-state index contributed by atoms with van der Waals surface area (Å²) in [6.07, 6.45) is 0.887. The van der Waals surface area contributed by atoms with Crippen LogP contribution >= 0.6 is 11.3 Å². The molecule has 6 nitrogen and oxygen atoms in total. The second-order valence-corrected chi connectivity index (χ2v) is 8.90. The Balaban J connectivity index is 0.000000907. The highest BCUT2D eigenvalue weighted by atomic mass is 32.1. The molecule has 0 saturated heterocycles. The number of thiophene rings is 1. The molecule has 0 aliphatic heterocycles. The zero-order chi connectivity index (χ0) is 27.1. The second-order valence-electron chi connectivity index (χ2n) is 8.02. The Hall–Kier alpha value is -3.71. The summed E-state index contributed by atoms with van der Waals surface area (Å²) in [7, 11) is 1.59. The lowest BCUT2D eigenvalue weighted by molar-refractivity contribution is 0.415. The van der Waals surface area contributed by atoms with Gasteiger partial charge >= 0.3 is 0 Å². The van der Waals surface area contributed by atoms with Gasteiger partial charge in [0.1, 0.15) is 16.2 Å². The molecule has 1 unspecified atom stereocenters. The average Bonchev–Trinajstić information content (AvgIpc) is 3.39. The number of aromatic nitrogens is 2. The van der Waals surface area contributed by atoms with Gasteiger partial charge in [0.25, 0.3) is 5.56 Å². The lowest BCUT2D eigenvalue weighted by Crippen LogP contribution is -2.09. The Labute approximate surface area is 220 Å². The Morgan fingerprint density at radius 3 is 2.43 bits per heavy atom. The van der Waals surface area contributed by atoms with Crippen LogP contribution in [-0.2, 0) is 0 Å². The highest BCUT2D eigenvalue weighted by Crippen LogP contribution is 2.36. The molecule has 0 aliphatic rings. The van der Waals surface area contributed by atoms with Crippen LogP contribution < -0.4 is 15.7 Å². The highest BCUT2D eigenvalue weighted by molar-refractivity contribution is 7.17. The van der Waals surface area contributed by atoms with Gasteiger partial charge in [0, 0.05) is 33.9 Å². The molecule has 5 aromatic rings. The predicted octanol–water partition coefficient (Wildman–Crippen LogP) is 8.00. The molecular formula is C30H34N2O4S. The van der Waals surface area contributed by atoms with E-state index in [4.69, 9.17) is 9.15 Å². The first-order chi connectivity index (χ1) is 18.0. The topological polar surface area (TPSA) is 85.2 Å². The van der Waals surface area contributed by atoms with Crippen molar-refractivity contribution in [1.29, 1.82) is 0 Å². The van der Waals surface area contributed by atoms with Crippen LogP contribution in [0.5, 0.6) is 5.75 Å². The van der Waals surface area contributed by atoms with E-state index in [1.807, 2.05) is 63.4 Å². The van der Waals surface area contributed by atoms with Crippen LogP contribution in [0.3, 0.4) is 0 Å². The molecule has 1 N–H and O–H groups in total. The van der Waals surface area contributed by atoms with Crippen LogP contribution in [-0.4, -0.2) is 17.3 Å². The summed E-state index contributed by atoms with van der Waals surface area (Å²) in [5, 5.41) is 10.1. The van der Waals surface area contributed by atoms with Crippen LogP contribution in [0.15, 0.2) is 67.9 Å². The Bertz CT molecular complexity index is 1610. The van der Waals surface area contributed by atoms with E-state index < -0.39 is 0 Å². The Morgan fingerprint density at radius 2 is 1.73 bits per heavy atom. The van der Waals surface area contributed by atoms with Crippen molar-refractivity contribution in [2.24, 2.45) is 0 Å². The third kappa shape index (κ3) is 5.52. The number of hydrogen-bond acceptors (Lipinski definition) is 6. The fourth-order valence-corrected chi connectivity index (χ4v) is 4.84. The third-order valence-corrected chi connectivity index (χ3v) is 6.98. The molecule has 0 radical (unpaired) electrons. The molecule has 7 heteroatoms.